The Hall–Kier alpha value is -3.34. The van der Waals surface area contributed by atoms with Crippen molar-refractivity contribution in [3.63, 3.8) is 0 Å². The number of aryl methyl sites for hydroxylation is 1. The number of nitrogens with one attached hydrogen (secondary N) is 1. The molecule has 0 unspecified atom stereocenters. The third-order valence-electron chi connectivity index (χ3n) is 6.06. The molecule has 0 amide bonds. The van der Waals surface area contributed by atoms with Crippen molar-refractivity contribution in [1.29, 1.82) is 0 Å². The SMILES string of the molecule is CCOc1ccccc1[C@@H]1C2=C(C[C@H](c3ccccc3)CC2=O)Nc2onc(C)c21. The molecule has 1 aromatic heterocycles. The number of benzene rings is 2. The maximum Gasteiger partial charge on any atom is 0.233 e. The molecule has 1 aliphatic carbocycles. The number of ketones is 1. The van der Waals surface area contributed by atoms with Crippen LogP contribution >= 0.6 is 0 Å². The third kappa shape index (κ3) is 3.02. The molecule has 1 N–H and O–H groups in total. The average molecular weight is 400 g/mol. The molecule has 0 fully saturated rings. The van der Waals surface area contributed by atoms with Gasteiger partial charge < -0.3 is 14.6 Å². The molecule has 5 heteroatoms. The second-order valence-corrected chi connectivity index (χ2v) is 7.87. The Kier molecular flexibility index (Phi) is 4.66. The summed E-state index contributed by atoms with van der Waals surface area (Å²) in [5.74, 6) is 1.50. The first-order valence-electron chi connectivity index (χ1n) is 10.4. The molecular weight excluding hydrogens is 376 g/mol. The number of anilines is 1. The van der Waals surface area contributed by atoms with Gasteiger partial charge in [0, 0.05) is 23.3 Å². The first-order chi connectivity index (χ1) is 14.7. The lowest BCUT2D eigenvalue weighted by atomic mass is 9.72. The van der Waals surface area contributed by atoms with E-state index >= 15 is 0 Å². The van der Waals surface area contributed by atoms with Gasteiger partial charge in [0.1, 0.15) is 5.75 Å². The first kappa shape index (κ1) is 18.7. The van der Waals surface area contributed by atoms with E-state index in [0.29, 0.717) is 18.9 Å². The van der Waals surface area contributed by atoms with Gasteiger partial charge in [-0.2, -0.15) is 0 Å². The second kappa shape index (κ2) is 7.48. The van der Waals surface area contributed by atoms with Gasteiger partial charge in [-0.3, -0.25) is 4.79 Å². The first-order valence-corrected chi connectivity index (χ1v) is 10.4. The summed E-state index contributed by atoms with van der Waals surface area (Å²) in [5, 5.41) is 7.58. The summed E-state index contributed by atoms with van der Waals surface area (Å²) in [5.41, 5.74) is 5.62. The van der Waals surface area contributed by atoms with E-state index in [-0.39, 0.29) is 17.6 Å². The molecule has 5 nitrogen and oxygen atoms in total. The average Bonchev–Trinajstić information content (AvgIpc) is 3.14. The number of carbonyl (C=O) groups is 1. The third-order valence-corrected chi connectivity index (χ3v) is 6.06. The number of allylic oxidation sites excluding steroid dienone is 2. The molecule has 0 spiro atoms. The van der Waals surface area contributed by atoms with Crippen LogP contribution in [0.1, 0.15) is 54.0 Å². The fraction of sp³-hybridized carbons (Fsp3) is 0.280. The molecule has 3 aromatic rings. The van der Waals surface area contributed by atoms with E-state index in [1.165, 1.54) is 5.56 Å². The van der Waals surface area contributed by atoms with Crippen molar-refractivity contribution < 1.29 is 14.1 Å². The summed E-state index contributed by atoms with van der Waals surface area (Å²) < 4.78 is 11.5. The fourth-order valence-corrected chi connectivity index (χ4v) is 4.75. The van der Waals surface area contributed by atoms with Crippen LogP contribution in [0.3, 0.4) is 0 Å². The smallest absolute Gasteiger partial charge is 0.233 e. The molecule has 0 saturated heterocycles. The van der Waals surface area contributed by atoms with E-state index < -0.39 is 0 Å². The van der Waals surface area contributed by atoms with Crippen molar-refractivity contribution in [3.05, 3.63) is 88.3 Å². The number of nitrogens with zero attached hydrogens (tertiary/aromatic N) is 1. The quantitative estimate of drug-likeness (QED) is 0.640. The van der Waals surface area contributed by atoms with E-state index in [0.717, 1.165) is 40.3 Å². The van der Waals surface area contributed by atoms with Gasteiger partial charge in [0.05, 0.1) is 23.8 Å². The number of rotatable bonds is 4. The number of carbonyl (C=O) groups excluding carboxylic acids is 1. The molecule has 0 saturated carbocycles. The van der Waals surface area contributed by atoms with Gasteiger partial charge in [-0.05, 0) is 37.8 Å². The molecule has 5 rings (SSSR count). The molecule has 2 heterocycles. The summed E-state index contributed by atoms with van der Waals surface area (Å²) >= 11 is 0. The van der Waals surface area contributed by atoms with Crippen LogP contribution in [-0.2, 0) is 4.79 Å². The zero-order valence-corrected chi connectivity index (χ0v) is 17.1. The minimum absolute atomic E-state index is 0.151. The predicted molar refractivity (Wildman–Crippen MR) is 115 cm³/mol. The maximum atomic E-state index is 13.5. The van der Waals surface area contributed by atoms with Crippen LogP contribution in [0.25, 0.3) is 0 Å². The summed E-state index contributed by atoms with van der Waals surface area (Å²) in [6.45, 7) is 4.45. The normalized spacial score (nSPS) is 20.4. The Morgan fingerprint density at radius 3 is 2.67 bits per heavy atom. The van der Waals surface area contributed by atoms with Gasteiger partial charge in [0.15, 0.2) is 5.78 Å². The van der Waals surface area contributed by atoms with Crippen molar-refractivity contribution >= 4 is 11.7 Å². The lowest BCUT2D eigenvalue weighted by Crippen LogP contribution is -2.29. The van der Waals surface area contributed by atoms with Crippen LogP contribution in [0.4, 0.5) is 5.88 Å². The van der Waals surface area contributed by atoms with Crippen LogP contribution in [0.2, 0.25) is 0 Å². The molecule has 2 aliphatic rings. The van der Waals surface area contributed by atoms with E-state index in [2.05, 4.69) is 22.6 Å². The molecule has 0 bridgehead atoms. The summed E-state index contributed by atoms with van der Waals surface area (Å²) in [6.07, 6.45) is 1.26. The highest BCUT2D eigenvalue weighted by molar-refractivity contribution is 6.01. The summed E-state index contributed by atoms with van der Waals surface area (Å²) in [6, 6.07) is 18.2. The number of fused-ring (bicyclic) bond motifs is 1. The van der Waals surface area contributed by atoms with Gasteiger partial charge in [-0.25, -0.2) is 0 Å². The topological polar surface area (TPSA) is 64.4 Å². The van der Waals surface area contributed by atoms with E-state index in [4.69, 9.17) is 9.26 Å². The number of Topliss-reactive ketones (excluding diaryl/α,β-unsaturated/α-hetero) is 1. The van der Waals surface area contributed by atoms with E-state index in [1.54, 1.807) is 0 Å². The molecule has 1 aliphatic heterocycles. The van der Waals surface area contributed by atoms with Gasteiger partial charge in [0.2, 0.25) is 5.88 Å². The standard InChI is InChI=1S/C25H24N2O3/c1-3-29-21-12-8-7-11-18(21)23-22-15(2)27-30-25(22)26-19-13-17(14-20(28)24(19)23)16-9-5-4-6-10-16/h4-12,17,23,26H,3,13-14H2,1-2H3/t17-,23-/m0/s1. The van der Waals surface area contributed by atoms with Crippen molar-refractivity contribution in [2.45, 2.75) is 38.5 Å². The molecule has 2 aromatic carbocycles. The Morgan fingerprint density at radius 1 is 1.10 bits per heavy atom. The summed E-state index contributed by atoms with van der Waals surface area (Å²) in [7, 11) is 0. The van der Waals surface area contributed by atoms with Gasteiger partial charge in [0.25, 0.3) is 0 Å². The highest BCUT2D eigenvalue weighted by Gasteiger charge is 2.42. The minimum atomic E-state index is -0.241. The van der Waals surface area contributed by atoms with Crippen molar-refractivity contribution in [3.8, 4) is 5.75 Å². The molecular formula is C25H24N2O3. The number of ether oxygens (including phenoxy) is 1. The maximum absolute atomic E-state index is 13.5. The lowest BCUT2D eigenvalue weighted by Gasteiger charge is -2.35. The fourth-order valence-electron chi connectivity index (χ4n) is 4.75. The number of para-hydroxylation sites is 1. The molecule has 2 atom stereocenters. The van der Waals surface area contributed by atoms with Crippen LogP contribution in [0.15, 0.2) is 70.4 Å². The van der Waals surface area contributed by atoms with Crippen LogP contribution in [-0.4, -0.2) is 17.5 Å². The zero-order valence-electron chi connectivity index (χ0n) is 17.1. The Labute approximate surface area is 175 Å². The lowest BCUT2D eigenvalue weighted by molar-refractivity contribution is -0.116. The largest absolute Gasteiger partial charge is 0.494 e. The number of hydrogen-bond acceptors (Lipinski definition) is 5. The predicted octanol–water partition coefficient (Wildman–Crippen LogP) is 5.34. The van der Waals surface area contributed by atoms with Crippen LogP contribution < -0.4 is 10.1 Å². The van der Waals surface area contributed by atoms with E-state index in [9.17, 15) is 4.79 Å². The number of aromatic nitrogens is 1. The Morgan fingerprint density at radius 2 is 1.87 bits per heavy atom. The molecule has 152 valence electrons. The van der Waals surface area contributed by atoms with Gasteiger partial charge in [-0.1, -0.05) is 53.7 Å². The van der Waals surface area contributed by atoms with Gasteiger partial charge >= 0.3 is 0 Å². The Bertz CT molecular complexity index is 1130. The van der Waals surface area contributed by atoms with Gasteiger partial charge in [-0.15, -0.1) is 0 Å². The van der Waals surface area contributed by atoms with Crippen molar-refractivity contribution in [1.82, 2.24) is 5.16 Å². The monoisotopic (exact) mass is 400 g/mol. The minimum Gasteiger partial charge on any atom is -0.494 e. The highest BCUT2D eigenvalue weighted by atomic mass is 16.5. The molecule has 30 heavy (non-hydrogen) atoms. The molecule has 0 radical (unpaired) electrons. The van der Waals surface area contributed by atoms with E-state index in [1.807, 2.05) is 56.3 Å². The second-order valence-electron chi connectivity index (χ2n) is 7.87. The van der Waals surface area contributed by atoms with Crippen molar-refractivity contribution in [2.75, 3.05) is 11.9 Å². The Balaban J connectivity index is 1.65. The van der Waals surface area contributed by atoms with Crippen LogP contribution in [0.5, 0.6) is 5.75 Å². The summed E-state index contributed by atoms with van der Waals surface area (Å²) in [4.78, 5) is 13.5. The zero-order chi connectivity index (χ0) is 20.7. The van der Waals surface area contributed by atoms with Crippen molar-refractivity contribution in [2.24, 2.45) is 0 Å². The van der Waals surface area contributed by atoms with Crippen LogP contribution in [0, 0.1) is 6.92 Å². The number of hydrogen-bond donors (Lipinski definition) is 1. The highest BCUT2D eigenvalue weighted by Crippen LogP contribution is 2.50.